The molecule has 2 aromatic carbocycles. The van der Waals surface area contributed by atoms with Crippen molar-refractivity contribution in [2.24, 2.45) is 5.10 Å². The molecule has 0 aliphatic carbocycles. The lowest BCUT2D eigenvalue weighted by molar-refractivity contribution is -0.123. The molecule has 29 heavy (non-hydrogen) atoms. The Kier molecular flexibility index (Phi) is 6.33. The Morgan fingerprint density at radius 3 is 2.79 bits per heavy atom. The number of tetrazole rings is 1. The zero-order chi connectivity index (χ0) is 20.8. The Morgan fingerprint density at radius 2 is 2.07 bits per heavy atom. The van der Waals surface area contributed by atoms with Gasteiger partial charge in [-0.2, -0.15) is 5.10 Å². The van der Waals surface area contributed by atoms with E-state index in [1.807, 2.05) is 56.3 Å². The van der Waals surface area contributed by atoms with Crippen LogP contribution in [0.4, 0.5) is 0 Å². The quantitative estimate of drug-likeness (QED) is 0.493. The fourth-order valence-electron chi connectivity index (χ4n) is 2.78. The van der Waals surface area contributed by atoms with Crippen LogP contribution < -0.4 is 10.2 Å². The first-order chi connectivity index (χ1) is 13.9. The van der Waals surface area contributed by atoms with E-state index < -0.39 is 0 Å². The number of carbonyl (C=O) groups is 1. The van der Waals surface area contributed by atoms with Gasteiger partial charge in [0.25, 0.3) is 5.91 Å². The van der Waals surface area contributed by atoms with Gasteiger partial charge in [-0.3, -0.25) is 4.79 Å². The third kappa shape index (κ3) is 5.25. The highest BCUT2D eigenvalue weighted by molar-refractivity contribution is 5.99. The van der Waals surface area contributed by atoms with Crippen LogP contribution in [0.25, 0.3) is 5.69 Å². The highest BCUT2D eigenvalue weighted by atomic mass is 16.5. The lowest BCUT2D eigenvalue weighted by Crippen LogP contribution is -2.26. The van der Waals surface area contributed by atoms with Crippen molar-refractivity contribution in [3.63, 3.8) is 0 Å². The first-order valence-corrected chi connectivity index (χ1v) is 9.34. The Balaban J connectivity index is 1.62. The molecule has 8 heteroatoms. The molecule has 1 heterocycles. The molecule has 0 bridgehead atoms. The topological polar surface area (TPSA) is 94.3 Å². The summed E-state index contributed by atoms with van der Waals surface area (Å²) in [5.41, 5.74) is 7.01. The average molecular weight is 392 g/mol. The minimum atomic E-state index is -0.322. The number of hydrogen-bond acceptors (Lipinski definition) is 6. The van der Waals surface area contributed by atoms with Crippen LogP contribution in [-0.4, -0.2) is 38.4 Å². The van der Waals surface area contributed by atoms with E-state index in [1.165, 1.54) is 6.33 Å². The molecule has 8 nitrogen and oxygen atoms in total. The molecule has 0 atom stereocenters. The van der Waals surface area contributed by atoms with Crippen molar-refractivity contribution in [1.82, 2.24) is 25.6 Å². The molecule has 150 valence electrons. The van der Waals surface area contributed by atoms with E-state index >= 15 is 0 Å². The van der Waals surface area contributed by atoms with Crippen LogP contribution in [0, 0.1) is 6.92 Å². The zero-order valence-corrected chi connectivity index (χ0v) is 17.0. The SMILES string of the molecule is C/C(=N/NC(=O)COc1cc(C)ccc1C(C)C)c1cccc(-n2cnnn2)c1. The van der Waals surface area contributed by atoms with Crippen LogP contribution in [0.2, 0.25) is 0 Å². The Morgan fingerprint density at radius 1 is 1.24 bits per heavy atom. The minimum absolute atomic E-state index is 0.107. The summed E-state index contributed by atoms with van der Waals surface area (Å²) < 4.78 is 7.29. The number of amides is 1. The lowest BCUT2D eigenvalue weighted by Gasteiger charge is -2.14. The van der Waals surface area contributed by atoms with Crippen molar-refractivity contribution in [3.8, 4) is 11.4 Å². The summed E-state index contributed by atoms with van der Waals surface area (Å²) in [6.45, 7) is 7.89. The van der Waals surface area contributed by atoms with Gasteiger partial charge in [0, 0.05) is 0 Å². The van der Waals surface area contributed by atoms with Crippen LogP contribution in [0.3, 0.4) is 0 Å². The second-order valence-electron chi connectivity index (χ2n) is 7.02. The van der Waals surface area contributed by atoms with Gasteiger partial charge in [0.2, 0.25) is 0 Å². The minimum Gasteiger partial charge on any atom is -0.483 e. The Labute approximate surface area is 169 Å². The van der Waals surface area contributed by atoms with E-state index in [0.717, 1.165) is 28.1 Å². The summed E-state index contributed by atoms with van der Waals surface area (Å²) in [6, 6.07) is 13.6. The maximum atomic E-state index is 12.2. The number of nitrogens with zero attached hydrogens (tertiary/aromatic N) is 5. The predicted molar refractivity (Wildman–Crippen MR) is 110 cm³/mol. The van der Waals surface area contributed by atoms with Crippen LogP contribution in [0.5, 0.6) is 5.75 Å². The van der Waals surface area contributed by atoms with Gasteiger partial charge in [0.1, 0.15) is 12.1 Å². The molecule has 0 unspecified atom stereocenters. The number of carbonyl (C=O) groups excluding carboxylic acids is 1. The van der Waals surface area contributed by atoms with E-state index in [1.54, 1.807) is 4.68 Å². The molecule has 1 aromatic heterocycles. The summed E-state index contributed by atoms with van der Waals surface area (Å²) in [5.74, 6) is 0.712. The maximum Gasteiger partial charge on any atom is 0.277 e. The second-order valence-corrected chi connectivity index (χ2v) is 7.02. The van der Waals surface area contributed by atoms with E-state index in [2.05, 4.69) is 39.9 Å². The lowest BCUT2D eigenvalue weighted by atomic mass is 10.0. The first-order valence-electron chi connectivity index (χ1n) is 9.34. The molecular weight excluding hydrogens is 368 g/mol. The standard InChI is InChI=1S/C21H24N6O2/c1-14(2)19-9-8-15(3)10-20(19)29-12-21(28)24-23-16(4)17-6-5-7-18(11-17)27-13-22-25-26-27/h5-11,13-14H,12H2,1-4H3,(H,24,28)/b23-16-. The highest BCUT2D eigenvalue weighted by Gasteiger charge is 2.10. The number of benzene rings is 2. The van der Waals surface area contributed by atoms with Gasteiger partial charge in [-0.25, -0.2) is 10.1 Å². The van der Waals surface area contributed by atoms with Crippen molar-refractivity contribution >= 4 is 11.6 Å². The fraction of sp³-hybridized carbons (Fsp3) is 0.286. The van der Waals surface area contributed by atoms with Gasteiger partial charge in [0.15, 0.2) is 6.61 Å². The van der Waals surface area contributed by atoms with Gasteiger partial charge in [-0.1, -0.05) is 38.1 Å². The van der Waals surface area contributed by atoms with Gasteiger partial charge < -0.3 is 4.74 Å². The average Bonchev–Trinajstić information content (AvgIpc) is 3.25. The Bertz CT molecular complexity index is 1010. The normalized spacial score (nSPS) is 11.6. The van der Waals surface area contributed by atoms with Crippen LogP contribution in [0.1, 0.15) is 43.4 Å². The van der Waals surface area contributed by atoms with Gasteiger partial charge in [0.05, 0.1) is 11.4 Å². The molecular formula is C21H24N6O2. The third-order valence-corrected chi connectivity index (χ3v) is 4.38. The molecule has 3 rings (SSSR count). The molecule has 0 aliphatic rings. The van der Waals surface area contributed by atoms with Crippen LogP contribution >= 0.6 is 0 Å². The number of ether oxygens (including phenoxy) is 1. The zero-order valence-electron chi connectivity index (χ0n) is 17.0. The number of hydrazone groups is 1. The fourth-order valence-corrected chi connectivity index (χ4v) is 2.78. The summed E-state index contributed by atoms with van der Waals surface area (Å²) in [4.78, 5) is 12.2. The van der Waals surface area contributed by atoms with Crippen molar-refractivity contribution in [1.29, 1.82) is 0 Å². The molecule has 0 spiro atoms. The summed E-state index contributed by atoms with van der Waals surface area (Å²) in [6.07, 6.45) is 1.52. The highest BCUT2D eigenvalue weighted by Crippen LogP contribution is 2.27. The molecule has 1 N–H and O–H groups in total. The van der Waals surface area contributed by atoms with Crippen LogP contribution in [-0.2, 0) is 4.79 Å². The molecule has 1 amide bonds. The summed E-state index contributed by atoms with van der Waals surface area (Å²) in [7, 11) is 0. The van der Waals surface area contributed by atoms with Gasteiger partial charge in [-0.15, -0.1) is 5.10 Å². The van der Waals surface area contributed by atoms with E-state index in [9.17, 15) is 4.79 Å². The van der Waals surface area contributed by atoms with E-state index in [4.69, 9.17) is 4.74 Å². The number of rotatable bonds is 7. The molecule has 0 radical (unpaired) electrons. The van der Waals surface area contributed by atoms with E-state index in [0.29, 0.717) is 11.6 Å². The molecule has 0 saturated carbocycles. The van der Waals surface area contributed by atoms with E-state index in [-0.39, 0.29) is 12.5 Å². The second kappa shape index (κ2) is 9.09. The third-order valence-electron chi connectivity index (χ3n) is 4.38. The van der Waals surface area contributed by atoms with Gasteiger partial charge in [-0.05, 0) is 65.1 Å². The van der Waals surface area contributed by atoms with Crippen LogP contribution in [0.15, 0.2) is 53.9 Å². The van der Waals surface area contributed by atoms with Crippen molar-refractivity contribution in [2.75, 3.05) is 6.61 Å². The van der Waals surface area contributed by atoms with Crippen molar-refractivity contribution in [3.05, 3.63) is 65.5 Å². The first kappa shape index (κ1) is 20.2. The monoisotopic (exact) mass is 392 g/mol. The molecule has 0 fully saturated rings. The summed E-state index contributed by atoms with van der Waals surface area (Å²) in [5, 5.41) is 15.3. The van der Waals surface area contributed by atoms with Crippen molar-refractivity contribution < 1.29 is 9.53 Å². The smallest absolute Gasteiger partial charge is 0.277 e. The largest absolute Gasteiger partial charge is 0.483 e. The number of aromatic nitrogens is 4. The maximum absolute atomic E-state index is 12.2. The van der Waals surface area contributed by atoms with Gasteiger partial charge >= 0.3 is 0 Å². The van der Waals surface area contributed by atoms with Crippen molar-refractivity contribution in [2.45, 2.75) is 33.6 Å². The molecule has 0 aliphatic heterocycles. The Hall–Kier alpha value is -3.55. The number of aryl methyl sites for hydroxylation is 1. The number of hydrogen-bond donors (Lipinski definition) is 1. The molecule has 3 aromatic rings. The summed E-state index contributed by atoms with van der Waals surface area (Å²) >= 11 is 0. The predicted octanol–water partition coefficient (Wildman–Crippen LogP) is 3.01. The number of nitrogens with one attached hydrogen (secondary N) is 1. The molecule has 0 saturated heterocycles.